The first-order chi connectivity index (χ1) is 10.3. The lowest BCUT2D eigenvalue weighted by Gasteiger charge is -2.24. The molecule has 1 N–H and O–H groups in total. The average Bonchev–Trinajstić information content (AvgIpc) is 3.00. The van der Waals surface area contributed by atoms with Crippen LogP contribution < -0.4 is 10.1 Å². The highest BCUT2D eigenvalue weighted by Gasteiger charge is 2.20. The maximum absolute atomic E-state index is 14.0. The van der Waals surface area contributed by atoms with Gasteiger partial charge in [-0.2, -0.15) is 0 Å². The summed E-state index contributed by atoms with van der Waals surface area (Å²) < 4.78 is 26.8. The van der Waals surface area contributed by atoms with Crippen LogP contribution in [-0.2, 0) is 4.74 Å². The number of imidazole rings is 1. The second-order valence-corrected chi connectivity index (χ2v) is 4.80. The maximum atomic E-state index is 14.0. The van der Waals surface area contributed by atoms with Crippen LogP contribution in [0, 0.1) is 5.82 Å². The van der Waals surface area contributed by atoms with Gasteiger partial charge < -0.3 is 19.4 Å². The molecule has 1 aromatic carbocycles. The van der Waals surface area contributed by atoms with Crippen LogP contribution in [0.2, 0.25) is 0 Å². The van der Waals surface area contributed by atoms with E-state index in [0.717, 1.165) is 18.8 Å². The summed E-state index contributed by atoms with van der Waals surface area (Å²) in [5.41, 5.74) is 1.61. The molecule has 5 nitrogen and oxygen atoms in total. The third kappa shape index (κ3) is 2.91. The molecule has 1 fully saturated rings. The highest BCUT2D eigenvalue weighted by molar-refractivity contribution is 5.40. The number of halogens is 1. The predicted octanol–water partition coefficient (Wildman–Crippen LogP) is 2.07. The molecule has 6 heteroatoms. The van der Waals surface area contributed by atoms with Crippen LogP contribution in [0.1, 0.15) is 18.7 Å². The first kappa shape index (κ1) is 14.0. The zero-order chi connectivity index (χ0) is 14.7. The fourth-order valence-electron chi connectivity index (χ4n) is 2.43. The Morgan fingerprint density at radius 2 is 2.43 bits per heavy atom. The number of ether oxygens (including phenoxy) is 2. The number of benzene rings is 1. The number of nitrogens with one attached hydrogen (secondary N) is 1. The van der Waals surface area contributed by atoms with E-state index in [1.807, 2.05) is 17.6 Å². The Morgan fingerprint density at radius 1 is 1.52 bits per heavy atom. The number of hydrogen-bond donors (Lipinski definition) is 1. The molecule has 1 aliphatic rings. The molecule has 0 bridgehead atoms. The van der Waals surface area contributed by atoms with Crippen molar-refractivity contribution in [3.63, 3.8) is 0 Å². The van der Waals surface area contributed by atoms with E-state index < -0.39 is 0 Å². The fraction of sp³-hybridized carbons (Fsp3) is 0.400. The summed E-state index contributed by atoms with van der Waals surface area (Å²) in [5, 5.41) is 3.28. The minimum atomic E-state index is -0.378. The van der Waals surface area contributed by atoms with Crippen LogP contribution in [0.15, 0.2) is 30.7 Å². The minimum absolute atomic E-state index is 0.0733. The summed E-state index contributed by atoms with van der Waals surface area (Å²) in [5.74, 6) is -0.116. The molecule has 1 unspecified atom stereocenters. The lowest BCUT2D eigenvalue weighted by Crippen LogP contribution is -2.34. The molecule has 1 saturated heterocycles. The van der Waals surface area contributed by atoms with Gasteiger partial charge >= 0.3 is 0 Å². The van der Waals surface area contributed by atoms with Crippen molar-refractivity contribution < 1.29 is 13.9 Å². The number of hydrogen-bond acceptors (Lipinski definition) is 4. The zero-order valence-electron chi connectivity index (χ0n) is 11.9. The van der Waals surface area contributed by atoms with Crippen LogP contribution in [-0.4, -0.2) is 35.9 Å². The molecule has 21 heavy (non-hydrogen) atoms. The van der Waals surface area contributed by atoms with E-state index in [9.17, 15) is 4.39 Å². The van der Waals surface area contributed by atoms with E-state index in [1.165, 1.54) is 6.07 Å². The topological polar surface area (TPSA) is 48.3 Å². The smallest absolute Gasteiger partial charge is 0.167 e. The van der Waals surface area contributed by atoms with Gasteiger partial charge in [0, 0.05) is 19.2 Å². The van der Waals surface area contributed by atoms with Gasteiger partial charge in [0.15, 0.2) is 11.6 Å². The van der Waals surface area contributed by atoms with Crippen LogP contribution in [0.4, 0.5) is 4.39 Å². The summed E-state index contributed by atoms with van der Waals surface area (Å²) in [6.07, 6.45) is 3.35. The van der Waals surface area contributed by atoms with Gasteiger partial charge in [-0.25, -0.2) is 9.37 Å². The van der Waals surface area contributed by atoms with Crippen LogP contribution >= 0.6 is 0 Å². The molecule has 0 aliphatic carbocycles. The fourth-order valence-corrected chi connectivity index (χ4v) is 2.43. The SMILES string of the molecule is CCOc1ccc(-n2cncc2C2CNCCO2)cc1F. The van der Waals surface area contributed by atoms with Gasteiger partial charge in [-0.15, -0.1) is 0 Å². The highest BCUT2D eigenvalue weighted by Crippen LogP contribution is 2.25. The Kier molecular flexibility index (Phi) is 4.17. The van der Waals surface area contributed by atoms with Crippen molar-refractivity contribution in [1.29, 1.82) is 0 Å². The van der Waals surface area contributed by atoms with Crippen molar-refractivity contribution in [2.45, 2.75) is 13.0 Å². The largest absolute Gasteiger partial charge is 0.491 e. The number of nitrogens with zero attached hydrogens (tertiary/aromatic N) is 2. The summed E-state index contributed by atoms with van der Waals surface area (Å²) in [6, 6.07) is 4.90. The molecule has 0 spiro atoms. The summed E-state index contributed by atoms with van der Waals surface area (Å²) in [7, 11) is 0. The molecular formula is C15H18FN3O2. The Labute approximate surface area is 122 Å². The van der Waals surface area contributed by atoms with Crippen LogP contribution in [0.25, 0.3) is 5.69 Å². The van der Waals surface area contributed by atoms with Crippen LogP contribution in [0.3, 0.4) is 0 Å². The first-order valence-electron chi connectivity index (χ1n) is 7.07. The van der Waals surface area contributed by atoms with Gasteiger partial charge in [0.25, 0.3) is 0 Å². The molecule has 1 aliphatic heterocycles. The van der Waals surface area contributed by atoms with Gasteiger partial charge in [-0.1, -0.05) is 0 Å². The molecule has 1 aromatic heterocycles. The monoisotopic (exact) mass is 291 g/mol. The van der Waals surface area contributed by atoms with Gasteiger partial charge in [0.1, 0.15) is 6.10 Å². The average molecular weight is 291 g/mol. The van der Waals surface area contributed by atoms with Gasteiger partial charge in [0.2, 0.25) is 0 Å². The second-order valence-electron chi connectivity index (χ2n) is 4.80. The number of rotatable bonds is 4. The van der Waals surface area contributed by atoms with Crippen LogP contribution in [0.5, 0.6) is 5.75 Å². The quantitative estimate of drug-likeness (QED) is 0.937. The lowest BCUT2D eigenvalue weighted by atomic mass is 10.2. The molecule has 112 valence electrons. The van der Waals surface area contributed by atoms with E-state index in [1.54, 1.807) is 18.6 Å². The standard InChI is InChI=1S/C15H18FN3O2/c1-2-20-14-4-3-11(7-12(14)16)19-10-18-8-13(19)15-9-17-5-6-21-15/h3-4,7-8,10,15,17H,2,5-6,9H2,1H3. The molecule has 3 rings (SSSR count). The summed E-state index contributed by atoms with van der Waals surface area (Å²) >= 11 is 0. The Bertz CT molecular complexity index is 609. The van der Waals surface area contributed by atoms with Crippen molar-refractivity contribution in [3.05, 3.63) is 42.2 Å². The molecule has 1 atom stereocenters. The van der Waals surface area contributed by atoms with E-state index in [-0.39, 0.29) is 17.7 Å². The van der Waals surface area contributed by atoms with Crippen molar-refractivity contribution in [2.24, 2.45) is 0 Å². The van der Waals surface area contributed by atoms with Gasteiger partial charge in [-0.3, -0.25) is 0 Å². The van der Waals surface area contributed by atoms with E-state index in [4.69, 9.17) is 9.47 Å². The highest BCUT2D eigenvalue weighted by atomic mass is 19.1. The second kappa shape index (κ2) is 6.24. The first-order valence-corrected chi connectivity index (χ1v) is 7.07. The van der Waals surface area contributed by atoms with Crippen molar-refractivity contribution in [1.82, 2.24) is 14.9 Å². The molecule has 0 amide bonds. The van der Waals surface area contributed by atoms with Gasteiger partial charge in [0.05, 0.1) is 37.1 Å². The van der Waals surface area contributed by atoms with E-state index in [2.05, 4.69) is 10.3 Å². The third-order valence-corrected chi connectivity index (χ3v) is 3.42. The summed E-state index contributed by atoms with van der Waals surface area (Å²) in [4.78, 5) is 4.16. The normalized spacial score (nSPS) is 18.7. The molecule has 2 heterocycles. The Hall–Kier alpha value is -1.92. The lowest BCUT2D eigenvalue weighted by molar-refractivity contribution is 0.0240. The van der Waals surface area contributed by atoms with E-state index >= 15 is 0 Å². The van der Waals surface area contributed by atoms with Crippen molar-refractivity contribution in [2.75, 3.05) is 26.3 Å². The van der Waals surface area contributed by atoms with Crippen molar-refractivity contribution in [3.8, 4) is 11.4 Å². The van der Waals surface area contributed by atoms with Gasteiger partial charge in [-0.05, 0) is 19.1 Å². The Morgan fingerprint density at radius 3 is 3.14 bits per heavy atom. The maximum Gasteiger partial charge on any atom is 0.167 e. The molecular weight excluding hydrogens is 273 g/mol. The predicted molar refractivity (Wildman–Crippen MR) is 76.3 cm³/mol. The Balaban J connectivity index is 1.90. The number of morpholine rings is 1. The minimum Gasteiger partial charge on any atom is -0.491 e. The third-order valence-electron chi connectivity index (χ3n) is 3.42. The summed E-state index contributed by atoms with van der Waals surface area (Å²) in [6.45, 7) is 4.50. The zero-order valence-corrected chi connectivity index (χ0v) is 11.9. The van der Waals surface area contributed by atoms with E-state index in [0.29, 0.717) is 18.9 Å². The molecule has 0 radical (unpaired) electrons. The number of aromatic nitrogens is 2. The molecule has 0 saturated carbocycles. The van der Waals surface area contributed by atoms with Crippen molar-refractivity contribution >= 4 is 0 Å². The molecule has 2 aromatic rings.